The maximum atomic E-state index is 13.1. The van der Waals surface area contributed by atoms with Gasteiger partial charge in [-0.1, -0.05) is 17.4 Å². The SMILES string of the molecule is CCOc1ccc(C(O)=C2C(=O)C(=O)N(c3nc(C)c(C(=O)OC)s3)[C@@H]2c2cccs2)cc1. The van der Waals surface area contributed by atoms with Crippen molar-refractivity contribution in [1.29, 1.82) is 0 Å². The molecule has 0 spiro atoms. The molecule has 0 bridgehead atoms. The summed E-state index contributed by atoms with van der Waals surface area (Å²) < 4.78 is 10.2. The number of ketones is 1. The van der Waals surface area contributed by atoms with E-state index in [4.69, 9.17) is 9.47 Å². The fraction of sp³-hybridized carbons (Fsp3) is 0.217. The summed E-state index contributed by atoms with van der Waals surface area (Å²) in [6, 6.07) is 9.31. The van der Waals surface area contributed by atoms with Crippen molar-refractivity contribution in [2.75, 3.05) is 18.6 Å². The van der Waals surface area contributed by atoms with Crippen molar-refractivity contribution in [3.63, 3.8) is 0 Å². The Labute approximate surface area is 197 Å². The molecule has 1 atom stereocenters. The number of hydrogen-bond donors (Lipinski definition) is 1. The first-order valence-corrected chi connectivity index (χ1v) is 11.7. The number of thiophene rings is 1. The van der Waals surface area contributed by atoms with Crippen molar-refractivity contribution in [3.05, 3.63) is 68.4 Å². The Hall–Kier alpha value is -3.50. The summed E-state index contributed by atoms with van der Waals surface area (Å²) in [6.07, 6.45) is 0. The largest absolute Gasteiger partial charge is 0.507 e. The molecule has 1 aliphatic rings. The van der Waals surface area contributed by atoms with Gasteiger partial charge < -0.3 is 14.6 Å². The third kappa shape index (κ3) is 4.03. The lowest BCUT2D eigenvalue weighted by molar-refractivity contribution is -0.132. The number of Topliss-reactive ketones (excluding diaryl/α,β-unsaturated/α-hetero) is 1. The number of ether oxygens (including phenoxy) is 2. The number of carbonyl (C=O) groups excluding carboxylic acids is 3. The number of aliphatic hydroxyl groups excluding tert-OH is 1. The maximum Gasteiger partial charge on any atom is 0.350 e. The van der Waals surface area contributed by atoms with E-state index in [0.717, 1.165) is 11.3 Å². The monoisotopic (exact) mass is 484 g/mol. The average Bonchev–Trinajstić information content (AvgIpc) is 3.53. The van der Waals surface area contributed by atoms with Crippen LogP contribution in [-0.2, 0) is 14.3 Å². The zero-order valence-electron chi connectivity index (χ0n) is 18.0. The van der Waals surface area contributed by atoms with Gasteiger partial charge in [-0.2, -0.15) is 0 Å². The number of aromatic nitrogens is 1. The molecule has 33 heavy (non-hydrogen) atoms. The minimum absolute atomic E-state index is 0.0425. The normalized spacial score (nSPS) is 17.4. The molecule has 170 valence electrons. The Bertz CT molecular complexity index is 1240. The molecule has 3 heterocycles. The minimum Gasteiger partial charge on any atom is -0.507 e. The van der Waals surface area contributed by atoms with Crippen LogP contribution in [0.15, 0.2) is 47.4 Å². The summed E-state index contributed by atoms with van der Waals surface area (Å²) in [5, 5.41) is 13.1. The lowest BCUT2D eigenvalue weighted by atomic mass is 10.00. The predicted molar refractivity (Wildman–Crippen MR) is 125 cm³/mol. The van der Waals surface area contributed by atoms with Gasteiger partial charge in [0.05, 0.1) is 25.0 Å². The number of methoxy groups -OCH3 is 1. The standard InChI is InChI=1S/C23H20N2O6S2/c1-4-31-14-9-7-13(8-10-14)18(26)16-17(15-6-5-11-32-15)25(21(28)19(16)27)23-24-12(2)20(33-23)22(29)30-3/h5-11,17,26H,4H2,1-3H3/t17-/m1/s1. The Morgan fingerprint density at radius 1 is 1.21 bits per heavy atom. The van der Waals surface area contributed by atoms with E-state index in [0.29, 0.717) is 28.5 Å². The van der Waals surface area contributed by atoms with E-state index >= 15 is 0 Å². The third-order valence-corrected chi connectivity index (χ3v) is 7.12. The van der Waals surface area contributed by atoms with Crippen molar-refractivity contribution in [2.45, 2.75) is 19.9 Å². The topological polar surface area (TPSA) is 106 Å². The van der Waals surface area contributed by atoms with Crippen LogP contribution in [0.4, 0.5) is 5.13 Å². The van der Waals surface area contributed by atoms with Gasteiger partial charge >= 0.3 is 11.9 Å². The molecule has 1 N–H and O–H groups in total. The van der Waals surface area contributed by atoms with Gasteiger partial charge in [0, 0.05) is 10.4 Å². The number of nitrogens with zero attached hydrogens (tertiary/aromatic N) is 2. The molecular weight excluding hydrogens is 464 g/mol. The molecule has 1 aromatic carbocycles. The lowest BCUT2D eigenvalue weighted by Crippen LogP contribution is -2.29. The van der Waals surface area contributed by atoms with E-state index < -0.39 is 23.7 Å². The number of amides is 1. The van der Waals surface area contributed by atoms with E-state index in [1.165, 1.54) is 23.3 Å². The fourth-order valence-electron chi connectivity index (χ4n) is 3.54. The van der Waals surface area contributed by atoms with Gasteiger partial charge in [-0.3, -0.25) is 14.5 Å². The van der Waals surface area contributed by atoms with Crippen LogP contribution in [0.5, 0.6) is 5.75 Å². The number of hydrogen-bond acceptors (Lipinski definition) is 9. The second-order valence-corrected chi connectivity index (χ2v) is 9.00. The highest BCUT2D eigenvalue weighted by Crippen LogP contribution is 2.45. The molecule has 1 saturated heterocycles. The number of carbonyl (C=O) groups is 3. The summed E-state index contributed by atoms with van der Waals surface area (Å²) in [6.45, 7) is 3.99. The summed E-state index contributed by atoms with van der Waals surface area (Å²) in [5.41, 5.74) is 0.725. The van der Waals surface area contributed by atoms with Crippen LogP contribution in [0.25, 0.3) is 5.76 Å². The molecule has 0 radical (unpaired) electrons. The van der Waals surface area contributed by atoms with Crippen LogP contribution in [-0.4, -0.2) is 41.5 Å². The summed E-state index contributed by atoms with van der Waals surface area (Å²) in [7, 11) is 1.26. The van der Waals surface area contributed by atoms with Crippen LogP contribution in [0, 0.1) is 6.92 Å². The summed E-state index contributed by atoms with van der Waals surface area (Å²) >= 11 is 2.31. The predicted octanol–water partition coefficient (Wildman–Crippen LogP) is 4.32. The molecule has 0 unspecified atom stereocenters. The number of esters is 1. The highest BCUT2D eigenvalue weighted by Gasteiger charge is 2.48. The second-order valence-electron chi connectivity index (χ2n) is 7.04. The van der Waals surface area contributed by atoms with Crippen LogP contribution < -0.4 is 9.64 Å². The van der Waals surface area contributed by atoms with Gasteiger partial charge in [-0.25, -0.2) is 9.78 Å². The van der Waals surface area contributed by atoms with Crippen LogP contribution in [0.2, 0.25) is 0 Å². The van der Waals surface area contributed by atoms with Crippen molar-refractivity contribution in [1.82, 2.24) is 4.98 Å². The fourth-order valence-corrected chi connectivity index (χ4v) is 5.38. The van der Waals surface area contributed by atoms with Crippen molar-refractivity contribution in [2.24, 2.45) is 0 Å². The zero-order valence-corrected chi connectivity index (χ0v) is 19.7. The maximum absolute atomic E-state index is 13.1. The molecule has 10 heteroatoms. The molecule has 1 aliphatic heterocycles. The number of thiazole rings is 1. The molecular formula is C23H20N2O6S2. The first-order chi connectivity index (χ1) is 15.9. The molecule has 8 nitrogen and oxygen atoms in total. The van der Waals surface area contributed by atoms with Crippen LogP contribution in [0.1, 0.15) is 38.8 Å². The van der Waals surface area contributed by atoms with E-state index in [9.17, 15) is 19.5 Å². The average molecular weight is 485 g/mol. The zero-order chi connectivity index (χ0) is 23.7. The summed E-state index contributed by atoms with van der Waals surface area (Å²) in [5.74, 6) is -1.90. The van der Waals surface area contributed by atoms with Gasteiger partial charge in [0.15, 0.2) is 5.13 Å². The lowest BCUT2D eigenvalue weighted by Gasteiger charge is -2.21. The quantitative estimate of drug-likeness (QED) is 0.240. The molecule has 0 saturated carbocycles. The highest BCUT2D eigenvalue weighted by molar-refractivity contribution is 7.18. The van der Waals surface area contributed by atoms with Crippen molar-refractivity contribution >= 4 is 51.2 Å². The van der Waals surface area contributed by atoms with E-state index in [2.05, 4.69) is 4.98 Å². The number of aryl methyl sites for hydroxylation is 1. The van der Waals surface area contributed by atoms with Gasteiger partial charge in [0.1, 0.15) is 22.4 Å². The number of benzene rings is 1. The Kier molecular flexibility index (Phi) is 6.30. The Balaban J connectivity index is 1.85. The molecule has 2 aromatic heterocycles. The van der Waals surface area contributed by atoms with E-state index in [-0.39, 0.29) is 21.3 Å². The number of anilines is 1. The molecule has 3 aromatic rings. The van der Waals surface area contributed by atoms with Gasteiger partial charge in [-0.15, -0.1) is 11.3 Å². The molecule has 1 fully saturated rings. The van der Waals surface area contributed by atoms with Crippen LogP contribution >= 0.6 is 22.7 Å². The smallest absolute Gasteiger partial charge is 0.350 e. The first kappa shape index (κ1) is 22.7. The Morgan fingerprint density at radius 2 is 1.94 bits per heavy atom. The Morgan fingerprint density at radius 3 is 2.55 bits per heavy atom. The third-order valence-electron chi connectivity index (χ3n) is 5.06. The van der Waals surface area contributed by atoms with Crippen molar-refractivity contribution < 1.29 is 29.0 Å². The second kappa shape index (κ2) is 9.16. The first-order valence-electron chi connectivity index (χ1n) is 10.0. The van der Waals surface area contributed by atoms with E-state index in [1.54, 1.807) is 43.3 Å². The van der Waals surface area contributed by atoms with Gasteiger partial charge in [0.2, 0.25) is 0 Å². The minimum atomic E-state index is -0.882. The van der Waals surface area contributed by atoms with Crippen molar-refractivity contribution in [3.8, 4) is 5.75 Å². The molecule has 0 aliphatic carbocycles. The highest BCUT2D eigenvalue weighted by atomic mass is 32.1. The summed E-state index contributed by atoms with van der Waals surface area (Å²) in [4.78, 5) is 44.8. The molecule has 4 rings (SSSR count). The number of rotatable bonds is 6. The van der Waals surface area contributed by atoms with Crippen LogP contribution in [0.3, 0.4) is 0 Å². The van der Waals surface area contributed by atoms with E-state index in [1.807, 2.05) is 12.3 Å². The number of aliphatic hydroxyl groups is 1. The van der Waals surface area contributed by atoms with Gasteiger partial charge in [0.25, 0.3) is 5.78 Å². The molecule has 1 amide bonds. The van der Waals surface area contributed by atoms with Gasteiger partial charge in [-0.05, 0) is 49.6 Å².